The van der Waals surface area contributed by atoms with E-state index in [0.29, 0.717) is 23.7 Å². The van der Waals surface area contributed by atoms with Crippen LogP contribution in [0.5, 0.6) is 0 Å². The first kappa shape index (κ1) is 15.0. The Labute approximate surface area is 114 Å². The lowest BCUT2D eigenvalue weighted by Gasteiger charge is -2.20. The third-order valence-corrected chi connectivity index (χ3v) is 2.73. The number of carbonyl (C=O) groups is 1. The van der Waals surface area contributed by atoms with Gasteiger partial charge in [0.2, 0.25) is 5.91 Å². The maximum Gasteiger partial charge on any atom is 0.225 e. The lowest BCUT2D eigenvalue weighted by Crippen LogP contribution is -2.37. The van der Waals surface area contributed by atoms with Gasteiger partial charge in [0, 0.05) is 18.5 Å². The topological polar surface area (TPSA) is 41.1 Å². The first-order valence-corrected chi connectivity index (χ1v) is 6.47. The molecule has 0 bridgehead atoms. The highest BCUT2D eigenvalue weighted by atomic mass is 35.5. The van der Waals surface area contributed by atoms with Crippen molar-refractivity contribution >= 4 is 23.2 Å². The molecule has 0 radical (unpaired) electrons. The SMILES string of the molecule is Cc1ccc(Cl)c(NC(=O)CCNC(C)(C)C)c1. The first-order chi connectivity index (χ1) is 8.28. The third-order valence-electron chi connectivity index (χ3n) is 2.40. The van der Waals surface area contributed by atoms with E-state index in [1.807, 2.05) is 19.1 Å². The summed E-state index contributed by atoms with van der Waals surface area (Å²) in [5, 5.41) is 6.66. The van der Waals surface area contributed by atoms with Gasteiger partial charge in [0.25, 0.3) is 0 Å². The number of nitrogens with one attached hydrogen (secondary N) is 2. The number of amides is 1. The number of anilines is 1. The fraction of sp³-hybridized carbons (Fsp3) is 0.500. The van der Waals surface area contributed by atoms with Crippen LogP contribution >= 0.6 is 11.6 Å². The fourth-order valence-corrected chi connectivity index (χ4v) is 1.66. The van der Waals surface area contributed by atoms with Crippen LogP contribution in [0.4, 0.5) is 5.69 Å². The predicted octanol–water partition coefficient (Wildman–Crippen LogP) is 3.37. The average Bonchev–Trinajstić information content (AvgIpc) is 2.21. The maximum atomic E-state index is 11.8. The zero-order valence-corrected chi connectivity index (χ0v) is 12.2. The highest BCUT2D eigenvalue weighted by molar-refractivity contribution is 6.33. The van der Waals surface area contributed by atoms with E-state index < -0.39 is 0 Å². The van der Waals surface area contributed by atoms with Gasteiger partial charge in [-0.3, -0.25) is 4.79 Å². The summed E-state index contributed by atoms with van der Waals surface area (Å²) >= 11 is 6.02. The van der Waals surface area contributed by atoms with Crippen LogP contribution in [0.1, 0.15) is 32.8 Å². The van der Waals surface area contributed by atoms with Gasteiger partial charge in [-0.25, -0.2) is 0 Å². The van der Waals surface area contributed by atoms with Gasteiger partial charge in [0.05, 0.1) is 10.7 Å². The molecule has 1 aromatic rings. The first-order valence-electron chi connectivity index (χ1n) is 6.09. The Morgan fingerprint density at radius 3 is 2.61 bits per heavy atom. The van der Waals surface area contributed by atoms with Crippen molar-refractivity contribution in [3.05, 3.63) is 28.8 Å². The van der Waals surface area contributed by atoms with Crippen LogP contribution in [-0.4, -0.2) is 18.0 Å². The van der Waals surface area contributed by atoms with Crippen molar-refractivity contribution in [3.8, 4) is 0 Å². The summed E-state index contributed by atoms with van der Waals surface area (Å²) in [6.45, 7) is 8.83. The van der Waals surface area contributed by atoms with Gasteiger partial charge in [0.15, 0.2) is 0 Å². The van der Waals surface area contributed by atoms with Gasteiger partial charge in [-0.1, -0.05) is 17.7 Å². The zero-order chi connectivity index (χ0) is 13.8. The van der Waals surface area contributed by atoms with Crippen molar-refractivity contribution in [2.75, 3.05) is 11.9 Å². The number of hydrogen-bond donors (Lipinski definition) is 2. The number of carbonyl (C=O) groups excluding carboxylic acids is 1. The molecule has 1 aromatic carbocycles. The molecule has 0 unspecified atom stereocenters. The van der Waals surface area contributed by atoms with E-state index in [-0.39, 0.29) is 11.4 Å². The van der Waals surface area contributed by atoms with Crippen molar-refractivity contribution in [1.29, 1.82) is 0 Å². The molecule has 0 aromatic heterocycles. The summed E-state index contributed by atoms with van der Waals surface area (Å²) in [6, 6.07) is 5.58. The van der Waals surface area contributed by atoms with E-state index in [1.54, 1.807) is 6.07 Å². The molecule has 0 aliphatic heterocycles. The molecular weight excluding hydrogens is 248 g/mol. The normalized spacial score (nSPS) is 11.4. The number of halogens is 1. The van der Waals surface area contributed by atoms with Crippen molar-refractivity contribution in [2.45, 2.75) is 39.7 Å². The molecule has 18 heavy (non-hydrogen) atoms. The summed E-state index contributed by atoms with van der Waals surface area (Å²) in [7, 11) is 0. The molecule has 0 atom stereocenters. The van der Waals surface area contributed by atoms with Gasteiger partial charge < -0.3 is 10.6 Å². The fourth-order valence-electron chi connectivity index (χ4n) is 1.50. The molecule has 0 spiro atoms. The average molecular weight is 269 g/mol. The molecule has 1 rings (SSSR count). The van der Waals surface area contributed by atoms with Crippen molar-refractivity contribution < 1.29 is 4.79 Å². The third kappa shape index (κ3) is 5.52. The Kier molecular flexibility index (Phi) is 5.17. The van der Waals surface area contributed by atoms with Crippen LogP contribution in [0.25, 0.3) is 0 Å². The Morgan fingerprint density at radius 1 is 1.33 bits per heavy atom. The Balaban J connectivity index is 2.47. The molecule has 0 fully saturated rings. The van der Waals surface area contributed by atoms with Crippen molar-refractivity contribution in [1.82, 2.24) is 5.32 Å². The minimum absolute atomic E-state index is 0.0285. The molecule has 4 heteroatoms. The van der Waals surface area contributed by atoms with E-state index in [9.17, 15) is 4.79 Å². The molecule has 100 valence electrons. The second-order valence-corrected chi connectivity index (χ2v) is 5.87. The molecule has 0 saturated heterocycles. The van der Waals surface area contributed by atoms with Crippen molar-refractivity contribution in [3.63, 3.8) is 0 Å². The summed E-state index contributed by atoms with van der Waals surface area (Å²) in [5.41, 5.74) is 1.78. The molecule has 3 nitrogen and oxygen atoms in total. The largest absolute Gasteiger partial charge is 0.325 e. The Bertz CT molecular complexity index is 424. The maximum absolute atomic E-state index is 11.8. The van der Waals surface area contributed by atoms with Crippen molar-refractivity contribution in [2.24, 2.45) is 0 Å². The van der Waals surface area contributed by atoms with E-state index in [4.69, 9.17) is 11.6 Å². The summed E-state index contributed by atoms with van der Waals surface area (Å²) in [6.07, 6.45) is 0.432. The standard InChI is InChI=1S/C14H21ClN2O/c1-10-5-6-11(15)12(9-10)17-13(18)7-8-16-14(2,3)4/h5-6,9,16H,7-8H2,1-4H3,(H,17,18). The molecule has 0 aliphatic rings. The highest BCUT2D eigenvalue weighted by Crippen LogP contribution is 2.22. The van der Waals surface area contributed by atoms with Gasteiger partial charge in [-0.05, 0) is 45.4 Å². The predicted molar refractivity (Wildman–Crippen MR) is 77.2 cm³/mol. The van der Waals surface area contributed by atoms with Gasteiger partial charge in [0.1, 0.15) is 0 Å². The summed E-state index contributed by atoms with van der Waals surface area (Å²) in [5.74, 6) is -0.0285. The lowest BCUT2D eigenvalue weighted by atomic mass is 10.1. The van der Waals surface area contributed by atoms with Crippen LogP contribution in [0.3, 0.4) is 0 Å². The summed E-state index contributed by atoms with van der Waals surface area (Å²) < 4.78 is 0. The van der Waals surface area contributed by atoms with Gasteiger partial charge in [-0.2, -0.15) is 0 Å². The van der Waals surface area contributed by atoms with Crippen LogP contribution in [0.2, 0.25) is 5.02 Å². The Morgan fingerprint density at radius 2 is 2.00 bits per heavy atom. The number of hydrogen-bond acceptors (Lipinski definition) is 2. The number of rotatable bonds is 4. The summed E-state index contributed by atoms with van der Waals surface area (Å²) in [4.78, 5) is 11.8. The van der Waals surface area contributed by atoms with Crippen LogP contribution in [0, 0.1) is 6.92 Å². The van der Waals surface area contributed by atoms with Gasteiger partial charge in [-0.15, -0.1) is 0 Å². The minimum atomic E-state index is -0.0285. The Hall–Kier alpha value is -1.06. The number of aryl methyl sites for hydroxylation is 1. The smallest absolute Gasteiger partial charge is 0.225 e. The molecule has 0 aliphatic carbocycles. The van der Waals surface area contributed by atoms with E-state index in [1.165, 1.54) is 0 Å². The molecule has 0 heterocycles. The van der Waals surface area contributed by atoms with E-state index in [0.717, 1.165) is 5.56 Å². The monoisotopic (exact) mass is 268 g/mol. The second-order valence-electron chi connectivity index (χ2n) is 5.46. The molecule has 0 saturated carbocycles. The molecule has 2 N–H and O–H groups in total. The second kappa shape index (κ2) is 6.21. The highest BCUT2D eigenvalue weighted by Gasteiger charge is 2.10. The molecular formula is C14H21ClN2O. The van der Waals surface area contributed by atoms with Crippen LogP contribution < -0.4 is 10.6 Å². The minimum Gasteiger partial charge on any atom is -0.325 e. The van der Waals surface area contributed by atoms with E-state index >= 15 is 0 Å². The lowest BCUT2D eigenvalue weighted by molar-refractivity contribution is -0.116. The number of benzene rings is 1. The van der Waals surface area contributed by atoms with Gasteiger partial charge >= 0.3 is 0 Å². The van der Waals surface area contributed by atoms with Crippen LogP contribution in [0.15, 0.2) is 18.2 Å². The van der Waals surface area contributed by atoms with E-state index in [2.05, 4.69) is 31.4 Å². The molecule has 1 amide bonds. The van der Waals surface area contributed by atoms with Crippen LogP contribution in [-0.2, 0) is 4.79 Å². The quantitative estimate of drug-likeness (QED) is 0.879. The zero-order valence-electron chi connectivity index (χ0n) is 11.4.